The van der Waals surface area contributed by atoms with Crippen LogP contribution in [-0.2, 0) is 11.3 Å². The first kappa shape index (κ1) is 26.7. The van der Waals surface area contributed by atoms with E-state index in [1.54, 1.807) is 29.2 Å². The van der Waals surface area contributed by atoms with Crippen molar-refractivity contribution in [2.45, 2.75) is 45.4 Å². The van der Waals surface area contributed by atoms with Gasteiger partial charge in [0.25, 0.3) is 5.91 Å². The Balaban J connectivity index is 1.57. The van der Waals surface area contributed by atoms with Crippen LogP contribution in [0.3, 0.4) is 0 Å². The number of halogens is 2. The zero-order valence-corrected chi connectivity index (χ0v) is 22.4. The molecule has 1 saturated carbocycles. The third-order valence-electron chi connectivity index (χ3n) is 6.81. The summed E-state index contributed by atoms with van der Waals surface area (Å²) in [5.41, 5.74) is 1.99. The summed E-state index contributed by atoms with van der Waals surface area (Å²) in [6.45, 7) is 5.43. The van der Waals surface area contributed by atoms with Crippen molar-refractivity contribution in [3.63, 3.8) is 0 Å². The predicted molar refractivity (Wildman–Crippen MR) is 142 cm³/mol. The second-order valence-electron chi connectivity index (χ2n) is 10.0. The van der Waals surface area contributed by atoms with E-state index in [1.807, 2.05) is 26.1 Å². The van der Waals surface area contributed by atoms with E-state index in [1.165, 1.54) is 0 Å². The van der Waals surface area contributed by atoms with E-state index in [0.717, 1.165) is 18.4 Å². The van der Waals surface area contributed by atoms with Crippen molar-refractivity contribution < 1.29 is 19.4 Å². The van der Waals surface area contributed by atoms with E-state index in [4.69, 9.17) is 27.9 Å². The molecule has 7 nitrogen and oxygen atoms in total. The number of aliphatic hydroxyl groups is 1. The molecule has 0 radical (unpaired) electrons. The zero-order chi connectivity index (χ0) is 26.0. The van der Waals surface area contributed by atoms with Crippen LogP contribution < -0.4 is 10.1 Å². The molecule has 194 valence electrons. The number of nitrogens with zero attached hydrogens (tertiary/aromatic N) is 2. The first-order valence-electron chi connectivity index (χ1n) is 12.3. The van der Waals surface area contributed by atoms with Gasteiger partial charge >= 0.3 is 0 Å². The van der Waals surface area contributed by atoms with Gasteiger partial charge in [0, 0.05) is 37.2 Å². The van der Waals surface area contributed by atoms with Crippen LogP contribution >= 0.6 is 23.2 Å². The van der Waals surface area contributed by atoms with Crippen LogP contribution in [0.2, 0.25) is 10.0 Å². The van der Waals surface area contributed by atoms with Crippen molar-refractivity contribution in [1.29, 1.82) is 0 Å². The molecular formula is C27H33Cl2N3O4. The lowest BCUT2D eigenvalue weighted by Gasteiger charge is -2.38. The van der Waals surface area contributed by atoms with Gasteiger partial charge in [0.2, 0.25) is 5.91 Å². The Morgan fingerprint density at radius 3 is 2.64 bits per heavy atom. The molecule has 2 aliphatic rings. The number of aliphatic hydroxyl groups excluding tert-OH is 1. The lowest BCUT2D eigenvalue weighted by Crippen LogP contribution is -2.49. The first-order chi connectivity index (χ1) is 17.2. The molecule has 1 fully saturated rings. The number of nitrogens with one attached hydrogen (secondary N) is 1. The molecule has 2 N–H and O–H groups in total. The molecule has 0 bridgehead atoms. The van der Waals surface area contributed by atoms with Crippen molar-refractivity contribution in [2.24, 2.45) is 11.8 Å². The average molecular weight is 534 g/mol. The smallest absolute Gasteiger partial charge is 0.258 e. The molecule has 0 spiro atoms. The molecule has 0 unspecified atom stereocenters. The number of amides is 2. The van der Waals surface area contributed by atoms with E-state index >= 15 is 0 Å². The molecule has 2 aromatic carbocycles. The van der Waals surface area contributed by atoms with Crippen LogP contribution in [0, 0.1) is 11.8 Å². The fraction of sp³-hybridized carbons (Fsp3) is 0.481. The molecule has 2 amide bonds. The highest BCUT2D eigenvalue weighted by Gasteiger charge is 2.34. The Labute approximate surface area is 222 Å². The SMILES string of the molecule is C[C@@H]1CN([C@@H](C)CO)C(=O)c2cc(NC(=O)C3CC3)ccc2O[C@H]1CN(C)Cc1ccc(Cl)c(Cl)c1. The van der Waals surface area contributed by atoms with Gasteiger partial charge in [-0.05, 0) is 62.7 Å². The van der Waals surface area contributed by atoms with E-state index in [9.17, 15) is 14.7 Å². The summed E-state index contributed by atoms with van der Waals surface area (Å²) in [5, 5.41) is 13.8. The number of benzene rings is 2. The number of hydrogen-bond donors (Lipinski definition) is 2. The van der Waals surface area contributed by atoms with E-state index < -0.39 is 0 Å². The molecule has 0 aromatic heterocycles. The van der Waals surface area contributed by atoms with Crippen molar-refractivity contribution in [3.05, 3.63) is 57.6 Å². The Morgan fingerprint density at radius 2 is 1.97 bits per heavy atom. The number of rotatable bonds is 8. The Kier molecular flexibility index (Phi) is 8.45. The van der Waals surface area contributed by atoms with Crippen LogP contribution in [-0.4, -0.2) is 65.6 Å². The van der Waals surface area contributed by atoms with Gasteiger partial charge in [-0.3, -0.25) is 14.5 Å². The molecule has 1 aliphatic heterocycles. The first-order valence-corrected chi connectivity index (χ1v) is 13.1. The van der Waals surface area contributed by atoms with Gasteiger partial charge in [0.05, 0.1) is 28.3 Å². The van der Waals surface area contributed by atoms with Crippen LogP contribution in [0.15, 0.2) is 36.4 Å². The van der Waals surface area contributed by atoms with Crippen molar-refractivity contribution in [3.8, 4) is 5.75 Å². The topological polar surface area (TPSA) is 82.1 Å². The summed E-state index contributed by atoms with van der Waals surface area (Å²) >= 11 is 12.2. The molecule has 1 aliphatic carbocycles. The van der Waals surface area contributed by atoms with E-state index in [-0.39, 0.29) is 42.4 Å². The third-order valence-corrected chi connectivity index (χ3v) is 7.55. The highest BCUT2D eigenvalue weighted by Crippen LogP contribution is 2.33. The number of hydrogen-bond acceptors (Lipinski definition) is 5. The van der Waals surface area contributed by atoms with Gasteiger partial charge in [-0.1, -0.05) is 36.2 Å². The van der Waals surface area contributed by atoms with Gasteiger partial charge in [-0.25, -0.2) is 0 Å². The zero-order valence-electron chi connectivity index (χ0n) is 20.8. The van der Waals surface area contributed by atoms with Crippen LogP contribution in [0.4, 0.5) is 5.69 Å². The summed E-state index contributed by atoms with van der Waals surface area (Å²) in [5.74, 6) is 0.288. The second-order valence-corrected chi connectivity index (χ2v) is 10.9. The minimum absolute atomic E-state index is 0.00148. The number of carbonyl (C=O) groups is 2. The lowest BCUT2D eigenvalue weighted by atomic mass is 9.99. The van der Waals surface area contributed by atoms with Crippen molar-refractivity contribution >= 4 is 40.7 Å². The second kappa shape index (κ2) is 11.4. The Morgan fingerprint density at radius 1 is 1.22 bits per heavy atom. The molecule has 0 saturated heterocycles. The maximum Gasteiger partial charge on any atom is 0.258 e. The molecule has 1 heterocycles. The van der Waals surface area contributed by atoms with Gasteiger partial charge < -0.3 is 20.1 Å². The Bertz CT molecular complexity index is 1120. The summed E-state index contributed by atoms with van der Waals surface area (Å²) in [6, 6.07) is 10.4. The summed E-state index contributed by atoms with van der Waals surface area (Å²) in [6.07, 6.45) is 1.58. The van der Waals surface area contributed by atoms with Gasteiger partial charge in [-0.2, -0.15) is 0 Å². The maximum atomic E-state index is 13.5. The molecule has 3 atom stereocenters. The summed E-state index contributed by atoms with van der Waals surface area (Å²) in [7, 11) is 2.01. The fourth-order valence-corrected chi connectivity index (χ4v) is 4.75. The van der Waals surface area contributed by atoms with Crippen molar-refractivity contribution in [2.75, 3.05) is 32.1 Å². The van der Waals surface area contributed by atoms with Crippen LogP contribution in [0.1, 0.15) is 42.6 Å². The summed E-state index contributed by atoms with van der Waals surface area (Å²) in [4.78, 5) is 29.7. The number of carbonyl (C=O) groups excluding carboxylic acids is 2. The largest absolute Gasteiger partial charge is 0.488 e. The van der Waals surface area contributed by atoms with E-state index in [0.29, 0.717) is 46.7 Å². The van der Waals surface area contributed by atoms with Gasteiger partial charge in [0.15, 0.2) is 0 Å². The minimum Gasteiger partial charge on any atom is -0.488 e. The van der Waals surface area contributed by atoms with Crippen LogP contribution in [0.25, 0.3) is 0 Å². The highest BCUT2D eigenvalue weighted by atomic mass is 35.5. The molecule has 4 rings (SSSR count). The van der Waals surface area contributed by atoms with Crippen molar-refractivity contribution in [1.82, 2.24) is 9.80 Å². The summed E-state index contributed by atoms with van der Waals surface area (Å²) < 4.78 is 6.44. The number of ether oxygens (including phenoxy) is 1. The monoisotopic (exact) mass is 533 g/mol. The van der Waals surface area contributed by atoms with Gasteiger partial charge in [0.1, 0.15) is 11.9 Å². The average Bonchev–Trinajstić information content (AvgIpc) is 3.69. The molecule has 36 heavy (non-hydrogen) atoms. The number of anilines is 1. The minimum atomic E-state index is -0.356. The number of likely N-dealkylation sites (N-methyl/N-ethyl adjacent to an activating group) is 1. The lowest BCUT2D eigenvalue weighted by molar-refractivity contribution is -0.117. The fourth-order valence-electron chi connectivity index (χ4n) is 4.43. The standard InChI is InChI=1S/C27H33Cl2N3O4/c1-16-12-32(17(2)15-33)27(35)21-11-20(30-26(34)19-5-6-19)7-9-24(21)36-25(16)14-31(3)13-18-4-8-22(28)23(29)10-18/h4,7-11,16-17,19,25,33H,5-6,12-15H2,1-3H3,(H,30,34)/t16-,17+,25+/m1/s1. The molecule has 9 heteroatoms. The van der Waals surface area contributed by atoms with Crippen LogP contribution in [0.5, 0.6) is 5.75 Å². The van der Waals surface area contributed by atoms with Gasteiger partial charge in [-0.15, -0.1) is 0 Å². The van der Waals surface area contributed by atoms with E-state index in [2.05, 4.69) is 17.1 Å². The highest BCUT2D eigenvalue weighted by molar-refractivity contribution is 6.42. The quantitative estimate of drug-likeness (QED) is 0.514. The predicted octanol–water partition coefficient (Wildman–Crippen LogP) is 4.69. The third kappa shape index (κ3) is 6.32. The Hall–Kier alpha value is -2.32. The molecule has 2 aromatic rings. The number of fused-ring (bicyclic) bond motifs is 1. The molecular weight excluding hydrogens is 501 g/mol. The normalized spacial score (nSPS) is 20.9. The maximum absolute atomic E-state index is 13.5.